The Morgan fingerprint density at radius 2 is 1.81 bits per heavy atom. The van der Waals surface area contributed by atoms with Crippen LogP contribution < -0.4 is 10.6 Å². The molecule has 2 N–H and O–H groups in total. The number of carbonyl (C=O) groups is 2. The van der Waals surface area contributed by atoms with Crippen molar-refractivity contribution in [3.63, 3.8) is 0 Å². The van der Waals surface area contributed by atoms with Crippen LogP contribution in [0.4, 0.5) is 5.69 Å². The molecule has 2 rings (SSSR count). The average Bonchev–Trinajstić information content (AvgIpc) is 2.49. The van der Waals surface area contributed by atoms with Gasteiger partial charge in [0.2, 0.25) is 5.91 Å². The zero-order valence-electron chi connectivity index (χ0n) is 11.7. The largest absolute Gasteiger partial charge is 0.355 e. The molecule has 6 heteroatoms. The highest BCUT2D eigenvalue weighted by Gasteiger charge is 2.04. The van der Waals surface area contributed by atoms with Crippen LogP contribution in [0, 0.1) is 0 Å². The highest BCUT2D eigenvalue weighted by molar-refractivity contribution is 7.99. The van der Waals surface area contributed by atoms with E-state index in [4.69, 9.17) is 0 Å². The fourth-order valence-electron chi connectivity index (χ4n) is 1.65. The normalized spacial score (nSPS) is 10.0. The summed E-state index contributed by atoms with van der Waals surface area (Å²) in [4.78, 5) is 27.6. The highest BCUT2D eigenvalue weighted by Crippen LogP contribution is 2.27. The van der Waals surface area contributed by atoms with Gasteiger partial charge in [0.25, 0.3) is 5.91 Å². The Kier molecular flexibility index (Phi) is 4.94. The fourth-order valence-corrected chi connectivity index (χ4v) is 2.40. The number of anilines is 1. The lowest BCUT2D eigenvalue weighted by atomic mass is 10.3. The van der Waals surface area contributed by atoms with Crippen LogP contribution in [0.1, 0.15) is 17.3 Å². The number of carbonyl (C=O) groups excluding carboxylic acids is 2. The predicted octanol–water partition coefficient (Wildman–Crippen LogP) is 2.55. The van der Waals surface area contributed by atoms with Crippen molar-refractivity contribution in [2.24, 2.45) is 0 Å². The quantitative estimate of drug-likeness (QED) is 0.910. The summed E-state index contributed by atoms with van der Waals surface area (Å²) in [6, 6.07) is 11.0. The number of benzene rings is 1. The van der Waals surface area contributed by atoms with Crippen molar-refractivity contribution in [3.8, 4) is 0 Å². The van der Waals surface area contributed by atoms with Crippen LogP contribution in [0.15, 0.2) is 52.5 Å². The molecular weight excluding hydrogens is 286 g/mol. The Bertz CT molecular complexity index is 639. The van der Waals surface area contributed by atoms with Crippen molar-refractivity contribution < 1.29 is 9.59 Å². The van der Waals surface area contributed by atoms with E-state index in [1.54, 1.807) is 25.4 Å². The van der Waals surface area contributed by atoms with Gasteiger partial charge in [-0.1, -0.05) is 11.8 Å². The van der Waals surface area contributed by atoms with Crippen LogP contribution in [0.3, 0.4) is 0 Å². The topological polar surface area (TPSA) is 71.1 Å². The Hall–Kier alpha value is -2.34. The third-order valence-corrected chi connectivity index (χ3v) is 3.58. The predicted molar refractivity (Wildman–Crippen MR) is 82.5 cm³/mol. The molecule has 2 amide bonds. The lowest BCUT2D eigenvalue weighted by Gasteiger charge is -2.05. The summed E-state index contributed by atoms with van der Waals surface area (Å²) in [5, 5.41) is 6.07. The molecule has 0 saturated carbocycles. The third kappa shape index (κ3) is 4.32. The summed E-state index contributed by atoms with van der Waals surface area (Å²) in [6.07, 6.45) is 1.55. The molecule has 0 aliphatic heterocycles. The summed E-state index contributed by atoms with van der Waals surface area (Å²) in [7, 11) is 1.58. The van der Waals surface area contributed by atoms with Crippen molar-refractivity contribution >= 4 is 29.3 Å². The van der Waals surface area contributed by atoms with Crippen molar-refractivity contribution in [1.82, 2.24) is 10.3 Å². The van der Waals surface area contributed by atoms with E-state index in [-0.39, 0.29) is 11.8 Å². The molecule has 0 saturated heterocycles. The van der Waals surface area contributed by atoms with Crippen molar-refractivity contribution in [3.05, 3.63) is 48.2 Å². The van der Waals surface area contributed by atoms with Gasteiger partial charge in [-0.3, -0.25) is 9.59 Å². The van der Waals surface area contributed by atoms with Gasteiger partial charge in [-0.2, -0.15) is 0 Å². The van der Waals surface area contributed by atoms with Gasteiger partial charge in [0.15, 0.2) is 0 Å². The molecule has 0 spiro atoms. The summed E-state index contributed by atoms with van der Waals surface area (Å²) < 4.78 is 0. The SMILES string of the molecule is CNC(=O)c1ccc(Sc2ccc(NC(C)=O)cc2)nc1. The molecule has 21 heavy (non-hydrogen) atoms. The first-order valence-electron chi connectivity index (χ1n) is 6.32. The summed E-state index contributed by atoms with van der Waals surface area (Å²) in [5.41, 5.74) is 1.29. The Labute approximate surface area is 127 Å². The average molecular weight is 301 g/mol. The Balaban J connectivity index is 2.04. The summed E-state index contributed by atoms with van der Waals surface area (Å²) in [5.74, 6) is -0.249. The van der Waals surface area contributed by atoms with Gasteiger partial charge >= 0.3 is 0 Å². The van der Waals surface area contributed by atoms with Crippen molar-refractivity contribution in [2.45, 2.75) is 16.8 Å². The molecule has 1 aromatic carbocycles. The maximum atomic E-state index is 11.4. The van der Waals surface area contributed by atoms with E-state index >= 15 is 0 Å². The third-order valence-electron chi connectivity index (χ3n) is 2.62. The number of hydrogen-bond acceptors (Lipinski definition) is 4. The zero-order valence-corrected chi connectivity index (χ0v) is 12.5. The number of rotatable bonds is 4. The maximum Gasteiger partial charge on any atom is 0.252 e. The molecular formula is C15H15N3O2S. The minimum Gasteiger partial charge on any atom is -0.355 e. The van der Waals surface area contributed by atoms with Gasteiger partial charge < -0.3 is 10.6 Å². The Morgan fingerprint density at radius 3 is 2.33 bits per heavy atom. The van der Waals surface area contributed by atoms with E-state index < -0.39 is 0 Å². The monoisotopic (exact) mass is 301 g/mol. The standard InChI is InChI=1S/C15H15N3O2S/c1-10(19)18-12-4-6-13(7-5-12)21-14-8-3-11(9-17-14)15(20)16-2/h3-9H,1-2H3,(H,16,20)(H,18,19). The Morgan fingerprint density at radius 1 is 1.10 bits per heavy atom. The molecule has 0 aliphatic carbocycles. The molecule has 0 fully saturated rings. The smallest absolute Gasteiger partial charge is 0.252 e. The number of pyridine rings is 1. The fraction of sp³-hybridized carbons (Fsp3) is 0.133. The second kappa shape index (κ2) is 6.90. The van der Waals surface area contributed by atoms with Crippen LogP contribution in [-0.4, -0.2) is 23.8 Å². The van der Waals surface area contributed by atoms with Crippen molar-refractivity contribution in [2.75, 3.05) is 12.4 Å². The number of nitrogens with zero attached hydrogens (tertiary/aromatic N) is 1. The van der Waals surface area contributed by atoms with Gasteiger partial charge in [-0.25, -0.2) is 4.98 Å². The van der Waals surface area contributed by atoms with Gasteiger partial charge in [0.1, 0.15) is 5.03 Å². The number of amides is 2. The van der Waals surface area contributed by atoms with Crippen LogP contribution in [0.25, 0.3) is 0 Å². The molecule has 0 bridgehead atoms. The molecule has 0 radical (unpaired) electrons. The first-order chi connectivity index (χ1) is 10.1. The first-order valence-corrected chi connectivity index (χ1v) is 7.14. The van der Waals surface area contributed by atoms with Crippen LogP contribution in [0.2, 0.25) is 0 Å². The lowest BCUT2D eigenvalue weighted by Crippen LogP contribution is -2.17. The van der Waals surface area contributed by atoms with E-state index in [0.717, 1.165) is 15.6 Å². The van der Waals surface area contributed by atoms with Gasteiger partial charge in [-0.15, -0.1) is 0 Å². The van der Waals surface area contributed by atoms with E-state index in [1.807, 2.05) is 24.3 Å². The zero-order chi connectivity index (χ0) is 15.2. The number of aromatic nitrogens is 1. The summed E-state index contributed by atoms with van der Waals surface area (Å²) >= 11 is 1.49. The molecule has 2 aromatic rings. The van der Waals surface area contributed by atoms with Gasteiger partial charge in [0.05, 0.1) is 5.56 Å². The molecule has 5 nitrogen and oxygen atoms in total. The number of nitrogens with one attached hydrogen (secondary N) is 2. The van der Waals surface area contributed by atoms with Crippen molar-refractivity contribution in [1.29, 1.82) is 0 Å². The van der Waals surface area contributed by atoms with Crippen LogP contribution in [0.5, 0.6) is 0 Å². The molecule has 1 aromatic heterocycles. The van der Waals surface area contributed by atoms with E-state index in [2.05, 4.69) is 15.6 Å². The maximum absolute atomic E-state index is 11.4. The first kappa shape index (κ1) is 15.1. The minimum absolute atomic E-state index is 0.0955. The van der Waals surface area contributed by atoms with Gasteiger partial charge in [-0.05, 0) is 36.4 Å². The van der Waals surface area contributed by atoms with E-state index in [0.29, 0.717) is 5.56 Å². The van der Waals surface area contributed by atoms with E-state index in [1.165, 1.54) is 18.7 Å². The molecule has 0 aliphatic rings. The van der Waals surface area contributed by atoms with Crippen LogP contribution >= 0.6 is 11.8 Å². The molecule has 1 heterocycles. The summed E-state index contributed by atoms with van der Waals surface area (Å²) in [6.45, 7) is 1.47. The van der Waals surface area contributed by atoms with Crippen LogP contribution in [-0.2, 0) is 4.79 Å². The molecule has 0 atom stereocenters. The minimum atomic E-state index is -0.154. The highest BCUT2D eigenvalue weighted by atomic mass is 32.2. The second-order valence-corrected chi connectivity index (χ2v) is 5.37. The second-order valence-electron chi connectivity index (χ2n) is 4.27. The lowest BCUT2D eigenvalue weighted by molar-refractivity contribution is -0.114. The number of hydrogen-bond donors (Lipinski definition) is 2. The van der Waals surface area contributed by atoms with Gasteiger partial charge in [0, 0.05) is 30.8 Å². The van der Waals surface area contributed by atoms with E-state index in [9.17, 15) is 9.59 Å². The molecule has 108 valence electrons. The molecule has 0 unspecified atom stereocenters.